The van der Waals surface area contributed by atoms with Crippen LogP contribution in [0.25, 0.3) is 0 Å². The number of methoxy groups -OCH3 is 1. The predicted octanol–water partition coefficient (Wildman–Crippen LogP) is 1.01. The summed E-state index contributed by atoms with van der Waals surface area (Å²) in [5.41, 5.74) is 6.88. The molecular weight excluding hydrogens is 228 g/mol. The van der Waals surface area contributed by atoms with Crippen LogP contribution in [-0.2, 0) is 16.1 Å². The molecule has 2 N–H and O–H groups in total. The smallest absolute Gasteiger partial charge is 0.227 e. The maximum atomic E-state index is 12.2. The number of carbonyl (C=O) groups excluding carboxylic acids is 1. The van der Waals surface area contributed by atoms with Crippen LogP contribution in [-0.4, -0.2) is 37.1 Å². The van der Waals surface area contributed by atoms with Crippen LogP contribution >= 0.6 is 0 Å². The second-order valence-electron chi connectivity index (χ2n) is 4.74. The molecule has 2 rings (SSSR count). The number of hydrogen-bond donors (Lipinski definition) is 1. The number of nitrogens with two attached hydrogens (primary N) is 1. The summed E-state index contributed by atoms with van der Waals surface area (Å²) in [7, 11) is 1.65. The van der Waals surface area contributed by atoms with E-state index in [1.165, 1.54) is 0 Å². The van der Waals surface area contributed by atoms with Gasteiger partial charge < -0.3 is 15.4 Å². The molecule has 1 aromatic rings. The van der Waals surface area contributed by atoms with Crippen LogP contribution in [0.15, 0.2) is 30.3 Å². The van der Waals surface area contributed by atoms with Gasteiger partial charge in [0.05, 0.1) is 12.5 Å². The van der Waals surface area contributed by atoms with Crippen molar-refractivity contribution in [3.63, 3.8) is 0 Å². The monoisotopic (exact) mass is 248 g/mol. The molecule has 4 nitrogen and oxygen atoms in total. The van der Waals surface area contributed by atoms with Crippen LogP contribution in [0.3, 0.4) is 0 Å². The van der Waals surface area contributed by atoms with Gasteiger partial charge in [-0.25, -0.2) is 0 Å². The van der Waals surface area contributed by atoms with Crippen molar-refractivity contribution < 1.29 is 9.53 Å². The zero-order valence-corrected chi connectivity index (χ0v) is 10.7. The fraction of sp³-hybridized carbons (Fsp3) is 0.500. The van der Waals surface area contributed by atoms with Crippen molar-refractivity contribution in [3.05, 3.63) is 35.9 Å². The Bertz CT molecular complexity index is 394. The fourth-order valence-electron chi connectivity index (χ4n) is 2.01. The lowest BCUT2D eigenvalue weighted by Gasteiger charge is -2.22. The second-order valence-corrected chi connectivity index (χ2v) is 4.74. The first-order valence-electron chi connectivity index (χ1n) is 6.29. The second kappa shape index (κ2) is 5.98. The molecule has 1 aromatic carbocycles. The van der Waals surface area contributed by atoms with E-state index in [1.807, 2.05) is 35.2 Å². The highest BCUT2D eigenvalue weighted by Crippen LogP contribution is 2.30. The molecule has 4 heteroatoms. The third kappa shape index (κ3) is 3.31. The Morgan fingerprint density at radius 1 is 1.44 bits per heavy atom. The van der Waals surface area contributed by atoms with Crippen molar-refractivity contribution in [2.75, 3.05) is 20.3 Å². The Morgan fingerprint density at radius 3 is 2.67 bits per heavy atom. The van der Waals surface area contributed by atoms with Crippen molar-refractivity contribution in [1.29, 1.82) is 0 Å². The Hall–Kier alpha value is -1.39. The summed E-state index contributed by atoms with van der Waals surface area (Å²) >= 11 is 0. The van der Waals surface area contributed by atoms with Gasteiger partial charge in [0.15, 0.2) is 0 Å². The average Bonchev–Trinajstić information content (AvgIpc) is 3.12. The molecule has 0 aliphatic heterocycles. The maximum Gasteiger partial charge on any atom is 0.227 e. The minimum absolute atomic E-state index is 0.0190. The molecule has 2 atom stereocenters. The van der Waals surface area contributed by atoms with Gasteiger partial charge in [-0.05, 0) is 12.0 Å². The quantitative estimate of drug-likeness (QED) is 0.817. The summed E-state index contributed by atoms with van der Waals surface area (Å²) in [6, 6.07) is 10.0. The lowest BCUT2D eigenvalue weighted by atomic mass is 10.2. The Labute approximate surface area is 108 Å². The molecule has 1 aliphatic carbocycles. The van der Waals surface area contributed by atoms with Gasteiger partial charge in [-0.1, -0.05) is 30.3 Å². The molecule has 1 aliphatic rings. The number of nitrogens with zero attached hydrogens (tertiary/aromatic N) is 1. The van der Waals surface area contributed by atoms with Crippen molar-refractivity contribution in [3.8, 4) is 0 Å². The highest BCUT2D eigenvalue weighted by molar-refractivity contribution is 5.82. The van der Waals surface area contributed by atoms with E-state index in [0.717, 1.165) is 12.0 Å². The molecule has 0 radical (unpaired) electrons. The Balaban J connectivity index is 1.98. The summed E-state index contributed by atoms with van der Waals surface area (Å²) in [5, 5.41) is 0. The van der Waals surface area contributed by atoms with Gasteiger partial charge in [0.25, 0.3) is 0 Å². The average molecular weight is 248 g/mol. The van der Waals surface area contributed by atoms with E-state index < -0.39 is 0 Å². The van der Waals surface area contributed by atoms with Crippen LogP contribution < -0.4 is 5.73 Å². The number of rotatable bonds is 6. The first-order valence-corrected chi connectivity index (χ1v) is 6.29. The molecule has 18 heavy (non-hydrogen) atoms. The molecule has 1 fully saturated rings. The van der Waals surface area contributed by atoms with E-state index in [9.17, 15) is 4.79 Å². The van der Waals surface area contributed by atoms with Gasteiger partial charge in [0, 0.05) is 26.2 Å². The molecule has 98 valence electrons. The topological polar surface area (TPSA) is 55.6 Å². The van der Waals surface area contributed by atoms with Crippen LogP contribution in [0.2, 0.25) is 0 Å². The number of benzene rings is 1. The van der Waals surface area contributed by atoms with Crippen LogP contribution in [0, 0.1) is 5.92 Å². The van der Waals surface area contributed by atoms with E-state index in [-0.39, 0.29) is 17.9 Å². The van der Waals surface area contributed by atoms with Gasteiger partial charge in [-0.2, -0.15) is 0 Å². The van der Waals surface area contributed by atoms with Crippen LogP contribution in [0.1, 0.15) is 12.0 Å². The number of carbonyl (C=O) groups is 1. The highest BCUT2D eigenvalue weighted by atomic mass is 16.5. The normalized spacial score (nSPS) is 21.7. The molecule has 0 saturated heterocycles. The number of ether oxygens (including phenoxy) is 1. The van der Waals surface area contributed by atoms with Gasteiger partial charge in [0.1, 0.15) is 0 Å². The molecule has 2 unspecified atom stereocenters. The van der Waals surface area contributed by atoms with Gasteiger partial charge >= 0.3 is 0 Å². The van der Waals surface area contributed by atoms with E-state index >= 15 is 0 Å². The predicted molar refractivity (Wildman–Crippen MR) is 69.8 cm³/mol. The third-order valence-electron chi connectivity index (χ3n) is 3.25. The van der Waals surface area contributed by atoms with E-state index in [1.54, 1.807) is 7.11 Å². The van der Waals surface area contributed by atoms with Crippen molar-refractivity contribution >= 4 is 5.91 Å². The largest absolute Gasteiger partial charge is 0.383 e. The van der Waals surface area contributed by atoms with Gasteiger partial charge in [-0.15, -0.1) is 0 Å². The molecular formula is C14H20N2O2. The lowest BCUT2D eigenvalue weighted by molar-refractivity contribution is -0.133. The first-order chi connectivity index (χ1) is 8.72. The molecule has 1 saturated carbocycles. The third-order valence-corrected chi connectivity index (χ3v) is 3.25. The number of hydrogen-bond acceptors (Lipinski definition) is 3. The van der Waals surface area contributed by atoms with Crippen LogP contribution in [0.5, 0.6) is 0 Å². The zero-order chi connectivity index (χ0) is 13.0. The van der Waals surface area contributed by atoms with Crippen molar-refractivity contribution in [1.82, 2.24) is 4.90 Å². The van der Waals surface area contributed by atoms with Gasteiger partial charge in [-0.3, -0.25) is 4.79 Å². The summed E-state index contributed by atoms with van der Waals surface area (Å²) in [4.78, 5) is 14.1. The van der Waals surface area contributed by atoms with E-state index in [0.29, 0.717) is 19.7 Å². The molecule has 1 amide bonds. The minimum Gasteiger partial charge on any atom is -0.383 e. The fourth-order valence-corrected chi connectivity index (χ4v) is 2.01. The first kappa shape index (κ1) is 13.1. The highest BCUT2D eigenvalue weighted by Gasteiger charge is 2.42. The molecule has 0 spiro atoms. The lowest BCUT2D eigenvalue weighted by Crippen LogP contribution is -2.35. The Morgan fingerprint density at radius 2 is 2.11 bits per heavy atom. The van der Waals surface area contributed by atoms with Crippen molar-refractivity contribution in [2.24, 2.45) is 11.7 Å². The molecule has 0 bridgehead atoms. The summed E-state index contributed by atoms with van der Waals surface area (Å²) in [6.45, 7) is 1.81. The van der Waals surface area contributed by atoms with Gasteiger partial charge in [0.2, 0.25) is 5.91 Å². The standard InChI is InChI=1S/C14H20N2O2/c1-18-8-7-16(14(17)12-9-13(12)15)10-11-5-3-2-4-6-11/h2-6,12-13H,7-10,15H2,1H3. The summed E-state index contributed by atoms with van der Waals surface area (Å²) in [5.74, 6) is 0.175. The van der Waals surface area contributed by atoms with Crippen LogP contribution in [0.4, 0.5) is 0 Å². The summed E-state index contributed by atoms with van der Waals surface area (Å²) in [6.07, 6.45) is 0.817. The summed E-state index contributed by atoms with van der Waals surface area (Å²) < 4.78 is 5.06. The molecule has 0 aromatic heterocycles. The Kier molecular flexibility index (Phi) is 4.33. The SMILES string of the molecule is COCCN(Cc1ccccc1)C(=O)C1CC1N. The number of amides is 1. The zero-order valence-electron chi connectivity index (χ0n) is 10.7. The minimum atomic E-state index is 0.0190. The van der Waals surface area contributed by atoms with E-state index in [4.69, 9.17) is 10.5 Å². The maximum absolute atomic E-state index is 12.2. The van der Waals surface area contributed by atoms with E-state index in [2.05, 4.69) is 0 Å². The van der Waals surface area contributed by atoms with Crippen molar-refractivity contribution in [2.45, 2.75) is 19.0 Å². The molecule has 0 heterocycles.